The van der Waals surface area contributed by atoms with Gasteiger partial charge in [0.1, 0.15) is 0 Å². The number of nitrogens with zero attached hydrogens (tertiary/aromatic N) is 1. The van der Waals surface area contributed by atoms with Gasteiger partial charge < -0.3 is 4.90 Å². The maximum absolute atomic E-state index is 2.44. The minimum atomic E-state index is 1.07. The molecule has 67 heavy (non-hydrogen) atoms. The molecule has 314 valence electrons. The SMILES string of the molecule is c1ccc(-c2ccccc2-c2c(-c3ccccc3)cccc2N(c2ccc(-c3ccc(-c4ccc5ccccc5c4)cc3)cc2)c2ccc(-c3ccc4c(ccc5ccccc54)c3)cc2)cc1. The predicted octanol–water partition coefficient (Wildman–Crippen LogP) is 18.6. The fourth-order valence-corrected chi connectivity index (χ4v) is 9.89. The lowest BCUT2D eigenvalue weighted by molar-refractivity contribution is 1.28. The van der Waals surface area contributed by atoms with Crippen LogP contribution in [0.4, 0.5) is 17.1 Å². The second-order valence-corrected chi connectivity index (χ2v) is 17.3. The summed E-state index contributed by atoms with van der Waals surface area (Å²) in [5.74, 6) is 0. The van der Waals surface area contributed by atoms with Gasteiger partial charge in [0.2, 0.25) is 0 Å². The molecule has 0 aliphatic carbocycles. The van der Waals surface area contributed by atoms with Crippen molar-refractivity contribution >= 4 is 49.4 Å². The Labute approximate surface area is 392 Å². The molecule has 0 saturated heterocycles. The highest BCUT2D eigenvalue weighted by atomic mass is 15.1. The van der Waals surface area contributed by atoms with Gasteiger partial charge in [0.15, 0.2) is 0 Å². The Morgan fingerprint density at radius 1 is 0.209 bits per heavy atom. The van der Waals surface area contributed by atoms with Crippen molar-refractivity contribution in [2.24, 2.45) is 0 Å². The zero-order chi connectivity index (χ0) is 44.5. The summed E-state index contributed by atoms with van der Waals surface area (Å²) in [4.78, 5) is 2.44. The van der Waals surface area contributed by atoms with E-state index in [9.17, 15) is 0 Å². The summed E-state index contributed by atoms with van der Waals surface area (Å²) in [6, 6.07) is 99.5. The smallest absolute Gasteiger partial charge is 0.0546 e. The highest BCUT2D eigenvalue weighted by molar-refractivity contribution is 6.08. The van der Waals surface area contributed by atoms with E-state index in [-0.39, 0.29) is 0 Å². The number of fused-ring (bicyclic) bond motifs is 4. The maximum atomic E-state index is 2.44. The predicted molar refractivity (Wildman–Crippen MR) is 286 cm³/mol. The van der Waals surface area contributed by atoms with Crippen molar-refractivity contribution < 1.29 is 0 Å². The monoisotopic (exact) mass is 851 g/mol. The molecule has 0 N–H and O–H groups in total. The van der Waals surface area contributed by atoms with Crippen LogP contribution in [0, 0.1) is 0 Å². The Balaban J connectivity index is 0.986. The van der Waals surface area contributed by atoms with Gasteiger partial charge in [0, 0.05) is 16.9 Å². The van der Waals surface area contributed by atoms with Crippen LogP contribution in [0.1, 0.15) is 0 Å². The van der Waals surface area contributed by atoms with Crippen LogP contribution < -0.4 is 4.90 Å². The Morgan fingerprint density at radius 3 is 1.28 bits per heavy atom. The molecule has 12 aromatic rings. The third-order valence-corrected chi connectivity index (χ3v) is 13.3. The lowest BCUT2D eigenvalue weighted by atomic mass is 9.87. The van der Waals surface area contributed by atoms with Crippen LogP contribution in [-0.2, 0) is 0 Å². The van der Waals surface area contributed by atoms with Crippen molar-refractivity contribution in [2.75, 3.05) is 4.90 Å². The molecular weight excluding hydrogens is 807 g/mol. The van der Waals surface area contributed by atoms with Crippen molar-refractivity contribution in [3.63, 3.8) is 0 Å². The van der Waals surface area contributed by atoms with Crippen molar-refractivity contribution in [2.45, 2.75) is 0 Å². The number of anilines is 3. The summed E-state index contributed by atoms with van der Waals surface area (Å²) in [6.45, 7) is 0. The first-order valence-corrected chi connectivity index (χ1v) is 23.1. The summed E-state index contributed by atoms with van der Waals surface area (Å²) < 4.78 is 0. The van der Waals surface area contributed by atoms with Crippen LogP contribution in [0.15, 0.2) is 273 Å². The highest BCUT2D eigenvalue weighted by Crippen LogP contribution is 2.48. The summed E-state index contributed by atoms with van der Waals surface area (Å²) in [5, 5.41) is 7.56. The van der Waals surface area contributed by atoms with E-state index < -0.39 is 0 Å². The first-order chi connectivity index (χ1) is 33.2. The van der Waals surface area contributed by atoms with Gasteiger partial charge in [-0.2, -0.15) is 0 Å². The molecule has 0 aromatic heterocycles. The maximum Gasteiger partial charge on any atom is 0.0546 e. The van der Waals surface area contributed by atoms with Gasteiger partial charge >= 0.3 is 0 Å². The highest BCUT2D eigenvalue weighted by Gasteiger charge is 2.23. The number of hydrogen-bond acceptors (Lipinski definition) is 1. The quantitative estimate of drug-likeness (QED) is 0.131. The van der Waals surface area contributed by atoms with E-state index in [1.807, 2.05) is 0 Å². The van der Waals surface area contributed by atoms with Crippen LogP contribution >= 0.6 is 0 Å². The van der Waals surface area contributed by atoms with E-state index in [0.29, 0.717) is 0 Å². The molecule has 0 aliphatic heterocycles. The molecule has 0 bridgehead atoms. The zero-order valence-corrected chi connectivity index (χ0v) is 36.9. The minimum Gasteiger partial charge on any atom is -0.310 e. The standard InChI is InChI=1S/C66H45N/c1-3-15-51(16-4-1)61-22-11-12-23-64(61)66-63(52-17-5-2-6-18-52)24-13-25-65(66)67(59-41-36-50(37-42-59)56-38-43-62-57(45-56)33-31-53-19-9-10-21-60(53)62)58-39-34-48(35-40-58)47-26-28-49(29-27-47)55-32-30-46-14-7-8-20-54(46)44-55/h1-45H. The number of benzene rings is 12. The second kappa shape index (κ2) is 17.3. The third-order valence-electron chi connectivity index (χ3n) is 13.3. The number of rotatable bonds is 9. The van der Waals surface area contributed by atoms with Gasteiger partial charge in [-0.3, -0.25) is 0 Å². The molecule has 1 nitrogen and oxygen atoms in total. The molecule has 0 fully saturated rings. The zero-order valence-electron chi connectivity index (χ0n) is 36.9. The molecule has 0 heterocycles. The Hall–Kier alpha value is -8.78. The second-order valence-electron chi connectivity index (χ2n) is 17.3. The summed E-state index contributed by atoms with van der Waals surface area (Å²) in [7, 11) is 0. The first-order valence-electron chi connectivity index (χ1n) is 23.1. The van der Waals surface area contributed by atoms with Crippen molar-refractivity contribution in [3.05, 3.63) is 273 Å². The van der Waals surface area contributed by atoms with Crippen molar-refractivity contribution in [3.8, 4) is 66.8 Å². The molecule has 12 aromatic carbocycles. The van der Waals surface area contributed by atoms with Gasteiger partial charge in [0.25, 0.3) is 0 Å². The van der Waals surface area contributed by atoms with Crippen molar-refractivity contribution in [1.82, 2.24) is 0 Å². The van der Waals surface area contributed by atoms with E-state index in [2.05, 4.69) is 278 Å². The molecule has 0 atom stereocenters. The summed E-state index contributed by atoms with van der Waals surface area (Å²) in [5.41, 5.74) is 17.5. The normalized spacial score (nSPS) is 11.3. The van der Waals surface area contributed by atoms with Crippen LogP contribution in [0.2, 0.25) is 0 Å². The largest absolute Gasteiger partial charge is 0.310 e. The molecular formula is C66H45N. The van der Waals surface area contributed by atoms with Gasteiger partial charge in [-0.25, -0.2) is 0 Å². The molecule has 1 heteroatoms. The van der Waals surface area contributed by atoms with Gasteiger partial charge in [-0.1, -0.05) is 231 Å². The fraction of sp³-hybridized carbons (Fsp3) is 0. The Kier molecular flexibility index (Phi) is 10.3. The lowest BCUT2D eigenvalue weighted by Gasteiger charge is -2.30. The van der Waals surface area contributed by atoms with E-state index in [1.54, 1.807) is 0 Å². The first kappa shape index (κ1) is 39.8. The van der Waals surface area contributed by atoms with Gasteiger partial charge in [-0.15, -0.1) is 0 Å². The third kappa shape index (κ3) is 7.63. The summed E-state index contributed by atoms with van der Waals surface area (Å²) >= 11 is 0. The number of hydrogen-bond donors (Lipinski definition) is 0. The van der Waals surface area contributed by atoms with E-state index in [1.165, 1.54) is 99.1 Å². The van der Waals surface area contributed by atoms with Gasteiger partial charge in [-0.05, 0) is 136 Å². The Bertz CT molecular complexity index is 3700. The molecule has 12 rings (SSSR count). The van der Waals surface area contributed by atoms with Gasteiger partial charge in [0.05, 0.1) is 5.69 Å². The van der Waals surface area contributed by atoms with E-state index >= 15 is 0 Å². The molecule has 0 saturated carbocycles. The molecule has 0 radical (unpaired) electrons. The van der Waals surface area contributed by atoms with E-state index in [0.717, 1.165) is 17.1 Å². The summed E-state index contributed by atoms with van der Waals surface area (Å²) in [6.07, 6.45) is 0. The van der Waals surface area contributed by atoms with Crippen LogP contribution in [-0.4, -0.2) is 0 Å². The molecule has 0 aliphatic rings. The lowest BCUT2D eigenvalue weighted by Crippen LogP contribution is -2.12. The average molecular weight is 852 g/mol. The molecule has 0 spiro atoms. The van der Waals surface area contributed by atoms with Crippen LogP contribution in [0.3, 0.4) is 0 Å². The van der Waals surface area contributed by atoms with E-state index in [4.69, 9.17) is 0 Å². The van der Waals surface area contributed by atoms with Crippen LogP contribution in [0.5, 0.6) is 0 Å². The minimum absolute atomic E-state index is 1.07. The van der Waals surface area contributed by atoms with Crippen molar-refractivity contribution in [1.29, 1.82) is 0 Å². The molecule has 0 amide bonds. The molecule has 0 unspecified atom stereocenters. The topological polar surface area (TPSA) is 3.24 Å². The Morgan fingerprint density at radius 2 is 0.627 bits per heavy atom. The average Bonchev–Trinajstić information content (AvgIpc) is 3.41. The van der Waals surface area contributed by atoms with Crippen LogP contribution in [0.25, 0.3) is 99.1 Å². The fourth-order valence-electron chi connectivity index (χ4n) is 9.89.